The number of nitrogens with zero attached hydrogens (tertiary/aromatic N) is 2. The van der Waals surface area contributed by atoms with Crippen molar-refractivity contribution in [3.05, 3.63) is 11.3 Å². The third-order valence-corrected chi connectivity index (χ3v) is 8.18. The lowest BCUT2D eigenvalue weighted by atomic mass is 9.97. The van der Waals surface area contributed by atoms with Gasteiger partial charge < -0.3 is 9.64 Å². The predicted molar refractivity (Wildman–Crippen MR) is 154 cm³/mol. The normalized spacial score (nSPS) is 16.1. The molecule has 1 amide bonds. The summed E-state index contributed by atoms with van der Waals surface area (Å²) in [5.41, 5.74) is 1.57. The minimum Gasteiger partial charge on any atom is -0.496 e. The summed E-state index contributed by atoms with van der Waals surface area (Å²) in [6.07, 6.45) is 24.6. The summed E-state index contributed by atoms with van der Waals surface area (Å²) in [7, 11) is 0. The summed E-state index contributed by atoms with van der Waals surface area (Å²) in [5.74, 6) is 2.20. The van der Waals surface area contributed by atoms with E-state index in [4.69, 9.17) is 4.74 Å². The molecule has 1 aliphatic heterocycles. The summed E-state index contributed by atoms with van der Waals surface area (Å²) in [5, 5.41) is 0. The third-order valence-electron chi connectivity index (χ3n) is 8.18. The van der Waals surface area contributed by atoms with Gasteiger partial charge in [0.1, 0.15) is 5.76 Å². The highest BCUT2D eigenvalue weighted by Crippen LogP contribution is 2.33. The Morgan fingerprint density at radius 3 is 1.75 bits per heavy atom. The monoisotopic (exact) mass is 504 g/mol. The first-order valence-electron chi connectivity index (χ1n) is 16.0. The summed E-state index contributed by atoms with van der Waals surface area (Å²) < 4.78 is 6.54. The molecule has 36 heavy (non-hydrogen) atoms. The minimum absolute atomic E-state index is 0.307. The van der Waals surface area contributed by atoms with Gasteiger partial charge in [-0.2, -0.15) is 0 Å². The van der Waals surface area contributed by atoms with Crippen LogP contribution >= 0.6 is 0 Å². The van der Waals surface area contributed by atoms with Crippen LogP contribution in [0.25, 0.3) is 0 Å². The molecule has 2 rings (SSSR count). The molecule has 0 atom stereocenters. The zero-order valence-electron chi connectivity index (χ0n) is 24.5. The first-order valence-corrected chi connectivity index (χ1v) is 16.0. The maximum atomic E-state index is 12.0. The molecule has 1 aliphatic carbocycles. The molecule has 4 nitrogen and oxygen atoms in total. The van der Waals surface area contributed by atoms with Gasteiger partial charge in [0.2, 0.25) is 5.91 Å². The molecule has 0 aromatic rings. The lowest BCUT2D eigenvalue weighted by Gasteiger charge is -2.32. The van der Waals surface area contributed by atoms with Crippen LogP contribution in [0.15, 0.2) is 11.3 Å². The molecule has 0 spiro atoms. The Morgan fingerprint density at radius 2 is 1.28 bits per heavy atom. The molecule has 0 unspecified atom stereocenters. The van der Waals surface area contributed by atoms with Crippen molar-refractivity contribution in [2.75, 3.05) is 39.3 Å². The Balaban J connectivity index is 1.75. The number of rotatable bonds is 22. The average Bonchev–Trinajstić information content (AvgIpc) is 3.75. The van der Waals surface area contributed by atoms with Crippen molar-refractivity contribution in [2.24, 2.45) is 5.92 Å². The summed E-state index contributed by atoms with van der Waals surface area (Å²) in [6.45, 7) is 12.7. The van der Waals surface area contributed by atoms with Crippen molar-refractivity contribution in [3.8, 4) is 0 Å². The number of carbonyl (C=O) groups excluding carboxylic acids is 1. The van der Waals surface area contributed by atoms with Crippen molar-refractivity contribution in [1.29, 1.82) is 0 Å². The van der Waals surface area contributed by atoms with Crippen LogP contribution < -0.4 is 0 Å². The second-order valence-electron chi connectivity index (χ2n) is 11.5. The standard InChI is InChI=1S/C32H60N2O2/c1-4-7-9-11-13-15-17-23-33(24-18-16-14-12-10-8-5-2)27-31(30-19-20-30)36-28-29-21-25-34(26-22-29)32(35)6-3/h29H,4-28H2,1-3H3. The Labute approximate surface area is 224 Å². The summed E-state index contributed by atoms with van der Waals surface area (Å²) in [6, 6.07) is 0. The smallest absolute Gasteiger partial charge is 0.222 e. The van der Waals surface area contributed by atoms with E-state index in [1.54, 1.807) is 5.57 Å². The van der Waals surface area contributed by atoms with E-state index in [9.17, 15) is 4.79 Å². The first-order chi connectivity index (χ1) is 17.7. The molecule has 1 heterocycles. The van der Waals surface area contributed by atoms with E-state index in [2.05, 4.69) is 18.7 Å². The highest BCUT2D eigenvalue weighted by molar-refractivity contribution is 5.75. The van der Waals surface area contributed by atoms with Crippen LogP contribution in [-0.2, 0) is 9.53 Å². The number of carbonyl (C=O) groups is 1. The van der Waals surface area contributed by atoms with Crippen LogP contribution in [0.4, 0.5) is 0 Å². The van der Waals surface area contributed by atoms with E-state index in [1.807, 2.05) is 11.8 Å². The molecule has 0 radical (unpaired) electrons. The molecule has 1 saturated carbocycles. The molecule has 1 saturated heterocycles. The van der Waals surface area contributed by atoms with E-state index in [-0.39, 0.29) is 0 Å². The Kier molecular flexibility index (Phi) is 17.3. The fraction of sp³-hybridized carbons (Fsp3) is 0.906. The molecule has 2 aliphatic rings. The molecule has 0 aromatic carbocycles. The van der Waals surface area contributed by atoms with Crippen LogP contribution in [0.5, 0.6) is 0 Å². The Hall–Kier alpha value is -1.03. The molecular weight excluding hydrogens is 444 g/mol. The van der Waals surface area contributed by atoms with Gasteiger partial charge >= 0.3 is 0 Å². The molecule has 0 aromatic heterocycles. The van der Waals surface area contributed by atoms with Crippen molar-refractivity contribution < 1.29 is 9.53 Å². The molecule has 0 bridgehead atoms. The van der Waals surface area contributed by atoms with Crippen molar-refractivity contribution in [2.45, 2.75) is 143 Å². The molecular formula is C32H60N2O2. The van der Waals surface area contributed by atoms with Crippen molar-refractivity contribution in [3.63, 3.8) is 0 Å². The van der Waals surface area contributed by atoms with Gasteiger partial charge in [-0.05, 0) is 63.1 Å². The fourth-order valence-corrected chi connectivity index (χ4v) is 5.45. The number of hydrogen-bond acceptors (Lipinski definition) is 3. The molecule has 0 N–H and O–H groups in total. The SMILES string of the molecule is CCCCCCCCCN(CCCCCCCCC)CC(OCC1CCN(C(=O)CC)CC1)=C1CC1. The zero-order chi connectivity index (χ0) is 25.8. The third kappa shape index (κ3) is 14.1. The number of unbranched alkanes of at least 4 members (excludes halogenated alkanes) is 12. The topological polar surface area (TPSA) is 32.8 Å². The number of ether oxygens (including phenoxy) is 1. The quantitative estimate of drug-likeness (QED) is 0.109. The van der Waals surface area contributed by atoms with Gasteiger partial charge in [-0.15, -0.1) is 0 Å². The van der Waals surface area contributed by atoms with Crippen LogP contribution in [0.3, 0.4) is 0 Å². The van der Waals surface area contributed by atoms with E-state index in [0.717, 1.165) is 39.1 Å². The number of amides is 1. The van der Waals surface area contributed by atoms with Crippen molar-refractivity contribution in [1.82, 2.24) is 9.80 Å². The van der Waals surface area contributed by atoms with Gasteiger partial charge in [-0.25, -0.2) is 0 Å². The van der Waals surface area contributed by atoms with E-state index in [1.165, 1.54) is 122 Å². The largest absolute Gasteiger partial charge is 0.496 e. The maximum absolute atomic E-state index is 12.0. The van der Waals surface area contributed by atoms with E-state index in [0.29, 0.717) is 18.2 Å². The summed E-state index contributed by atoms with van der Waals surface area (Å²) >= 11 is 0. The van der Waals surface area contributed by atoms with Gasteiger partial charge in [0, 0.05) is 19.5 Å². The van der Waals surface area contributed by atoms with Crippen LogP contribution in [-0.4, -0.2) is 55.0 Å². The van der Waals surface area contributed by atoms with Gasteiger partial charge in [-0.1, -0.05) is 97.8 Å². The highest BCUT2D eigenvalue weighted by Gasteiger charge is 2.25. The van der Waals surface area contributed by atoms with E-state index < -0.39 is 0 Å². The Bertz CT molecular complexity index is 571. The van der Waals surface area contributed by atoms with Crippen LogP contribution in [0.2, 0.25) is 0 Å². The average molecular weight is 505 g/mol. The lowest BCUT2D eigenvalue weighted by Crippen LogP contribution is -2.39. The number of piperidine rings is 1. The first kappa shape index (κ1) is 31.2. The van der Waals surface area contributed by atoms with Crippen molar-refractivity contribution >= 4 is 5.91 Å². The zero-order valence-corrected chi connectivity index (χ0v) is 24.5. The minimum atomic E-state index is 0.307. The maximum Gasteiger partial charge on any atom is 0.222 e. The van der Waals surface area contributed by atoms with Gasteiger partial charge in [0.25, 0.3) is 0 Å². The fourth-order valence-electron chi connectivity index (χ4n) is 5.45. The van der Waals surface area contributed by atoms with Crippen LogP contribution in [0, 0.1) is 5.92 Å². The van der Waals surface area contributed by atoms with Crippen LogP contribution in [0.1, 0.15) is 143 Å². The second kappa shape index (κ2) is 20.0. The second-order valence-corrected chi connectivity index (χ2v) is 11.5. The van der Waals surface area contributed by atoms with Gasteiger partial charge in [0.05, 0.1) is 13.2 Å². The Morgan fingerprint density at radius 1 is 0.778 bits per heavy atom. The van der Waals surface area contributed by atoms with Gasteiger partial charge in [-0.3, -0.25) is 9.69 Å². The van der Waals surface area contributed by atoms with E-state index >= 15 is 0 Å². The number of likely N-dealkylation sites (tertiary alicyclic amines) is 1. The lowest BCUT2D eigenvalue weighted by molar-refractivity contribution is -0.132. The van der Waals surface area contributed by atoms with Gasteiger partial charge in [0.15, 0.2) is 0 Å². The summed E-state index contributed by atoms with van der Waals surface area (Å²) in [4.78, 5) is 16.7. The molecule has 210 valence electrons. The predicted octanol–water partition coefficient (Wildman–Crippen LogP) is 8.50. The molecule has 2 fully saturated rings. The highest BCUT2D eigenvalue weighted by atomic mass is 16.5. The molecule has 4 heteroatoms. The number of allylic oxidation sites excluding steroid dienone is 1. The number of hydrogen-bond donors (Lipinski definition) is 0.